The predicted molar refractivity (Wildman–Crippen MR) is 76.1 cm³/mol. The van der Waals surface area contributed by atoms with E-state index in [4.69, 9.17) is 9.47 Å². The standard InChI is InChI=1S/C15H20N2O3/c1-11-13(10-18)12(2)17(16-11)8-9-20-15-7-5-4-6-14(15)19-3/h4-7,18H,8-10H2,1-3H3. The first-order valence-electron chi connectivity index (χ1n) is 6.57. The maximum Gasteiger partial charge on any atom is 0.161 e. The average molecular weight is 276 g/mol. The molecule has 5 heteroatoms. The molecule has 0 fully saturated rings. The van der Waals surface area contributed by atoms with Gasteiger partial charge in [0.2, 0.25) is 0 Å². The van der Waals surface area contributed by atoms with Gasteiger partial charge >= 0.3 is 0 Å². The number of aryl methyl sites for hydroxylation is 1. The van der Waals surface area contributed by atoms with Gasteiger partial charge in [0, 0.05) is 11.3 Å². The Kier molecular flexibility index (Phi) is 4.63. The molecule has 0 unspecified atom stereocenters. The topological polar surface area (TPSA) is 56.5 Å². The van der Waals surface area contributed by atoms with Gasteiger partial charge in [-0.15, -0.1) is 0 Å². The van der Waals surface area contributed by atoms with E-state index < -0.39 is 0 Å². The van der Waals surface area contributed by atoms with Gasteiger partial charge in [-0.05, 0) is 26.0 Å². The fourth-order valence-electron chi connectivity index (χ4n) is 2.16. The molecule has 0 saturated carbocycles. The van der Waals surface area contributed by atoms with Crippen molar-refractivity contribution >= 4 is 0 Å². The Morgan fingerprint density at radius 3 is 2.50 bits per heavy atom. The lowest BCUT2D eigenvalue weighted by Gasteiger charge is -2.11. The monoisotopic (exact) mass is 276 g/mol. The molecule has 1 heterocycles. The molecule has 0 saturated heterocycles. The average Bonchev–Trinajstić information content (AvgIpc) is 2.73. The largest absolute Gasteiger partial charge is 0.493 e. The highest BCUT2D eigenvalue weighted by Crippen LogP contribution is 2.25. The second-order valence-corrected chi connectivity index (χ2v) is 4.53. The third-order valence-electron chi connectivity index (χ3n) is 3.32. The van der Waals surface area contributed by atoms with E-state index in [1.54, 1.807) is 7.11 Å². The van der Waals surface area contributed by atoms with Crippen LogP contribution in [0.1, 0.15) is 17.0 Å². The summed E-state index contributed by atoms with van der Waals surface area (Å²) in [4.78, 5) is 0. The maximum absolute atomic E-state index is 9.28. The Morgan fingerprint density at radius 1 is 1.20 bits per heavy atom. The Balaban J connectivity index is 2.00. The predicted octanol–water partition coefficient (Wildman–Crippen LogP) is 2.08. The highest BCUT2D eigenvalue weighted by Gasteiger charge is 2.10. The molecule has 5 nitrogen and oxygen atoms in total. The molecule has 0 aliphatic heterocycles. The van der Waals surface area contributed by atoms with Crippen LogP contribution in [0.2, 0.25) is 0 Å². The van der Waals surface area contributed by atoms with Gasteiger partial charge in [-0.25, -0.2) is 0 Å². The highest BCUT2D eigenvalue weighted by atomic mass is 16.5. The summed E-state index contributed by atoms with van der Waals surface area (Å²) in [7, 11) is 1.62. The molecule has 0 radical (unpaired) electrons. The fourth-order valence-corrected chi connectivity index (χ4v) is 2.16. The normalized spacial score (nSPS) is 10.6. The number of rotatable bonds is 6. The summed E-state index contributed by atoms with van der Waals surface area (Å²) in [6, 6.07) is 7.55. The minimum atomic E-state index is 0.0189. The van der Waals surface area contributed by atoms with Crippen LogP contribution in [0.4, 0.5) is 0 Å². The second kappa shape index (κ2) is 6.43. The molecular weight excluding hydrogens is 256 g/mol. The highest BCUT2D eigenvalue weighted by molar-refractivity contribution is 5.39. The molecule has 1 aromatic carbocycles. The summed E-state index contributed by atoms with van der Waals surface area (Å²) in [5.41, 5.74) is 2.73. The summed E-state index contributed by atoms with van der Waals surface area (Å²) >= 11 is 0. The van der Waals surface area contributed by atoms with Crippen molar-refractivity contribution in [3.8, 4) is 11.5 Å². The number of methoxy groups -OCH3 is 1. The zero-order valence-electron chi connectivity index (χ0n) is 12.1. The molecule has 0 aliphatic rings. The molecule has 20 heavy (non-hydrogen) atoms. The quantitative estimate of drug-likeness (QED) is 0.877. The molecule has 2 rings (SSSR count). The minimum absolute atomic E-state index is 0.0189. The van der Waals surface area contributed by atoms with Crippen LogP contribution in [-0.4, -0.2) is 28.6 Å². The van der Waals surface area contributed by atoms with Crippen LogP contribution < -0.4 is 9.47 Å². The third-order valence-corrected chi connectivity index (χ3v) is 3.32. The molecule has 0 bridgehead atoms. The van der Waals surface area contributed by atoms with E-state index in [2.05, 4.69) is 5.10 Å². The van der Waals surface area contributed by atoms with Crippen molar-refractivity contribution in [1.29, 1.82) is 0 Å². The summed E-state index contributed by atoms with van der Waals surface area (Å²) in [5, 5.41) is 13.7. The number of benzene rings is 1. The number of hydrogen-bond acceptors (Lipinski definition) is 4. The minimum Gasteiger partial charge on any atom is -0.493 e. The SMILES string of the molecule is COc1ccccc1OCCn1nc(C)c(CO)c1C. The first kappa shape index (κ1) is 14.4. The molecule has 0 aliphatic carbocycles. The van der Waals surface area contributed by atoms with Crippen LogP contribution in [0.25, 0.3) is 0 Å². The Bertz CT molecular complexity index is 578. The molecule has 2 aromatic rings. The Morgan fingerprint density at radius 2 is 1.90 bits per heavy atom. The number of para-hydroxylation sites is 2. The van der Waals surface area contributed by atoms with Gasteiger partial charge in [0.1, 0.15) is 6.61 Å². The van der Waals surface area contributed by atoms with Crippen LogP contribution in [-0.2, 0) is 13.2 Å². The van der Waals surface area contributed by atoms with Crippen LogP contribution in [0.5, 0.6) is 11.5 Å². The molecule has 0 spiro atoms. The summed E-state index contributed by atoms with van der Waals surface area (Å²) in [6.07, 6.45) is 0. The summed E-state index contributed by atoms with van der Waals surface area (Å²) in [5.74, 6) is 1.44. The molecule has 108 valence electrons. The van der Waals surface area contributed by atoms with Crippen molar-refractivity contribution in [2.45, 2.75) is 27.0 Å². The fraction of sp³-hybridized carbons (Fsp3) is 0.400. The van der Waals surface area contributed by atoms with Gasteiger partial charge in [-0.3, -0.25) is 4.68 Å². The van der Waals surface area contributed by atoms with Crippen LogP contribution in [0.3, 0.4) is 0 Å². The number of aliphatic hydroxyl groups excluding tert-OH is 1. The van der Waals surface area contributed by atoms with E-state index in [1.165, 1.54) is 0 Å². The van der Waals surface area contributed by atoms with Crippen molar-refractivity contribution in [3.63, 3.8) is 0 Å². The van der Waals surface area contributed by atoms with Gasteiger partial charge in [0.05, 0.1) is 26.0 Å². The van der Waals surface area contributed by atoms with Gasteiger partial charge in [0.15, 0.2) is 11.5 Å². The molecule has 0 amide bonds. The Hall–Kier alpha value is -2.01. The van der Waals surface area contributed by atoms with Gasteiger partial charge < -0.3 is 14.6 Å². The smallest absolute Gasteiger partial charge is 0.161 e. The molecule has 1 N–H and O–H groups in total. The summed E-state index contributed by atoms with van der Waals surface area (Å²) < 4.78 is 12.8. The van der Waals surface area contributed by atoms with E-state index in [-0.39, 0.29) is 6.61 Å². The number of aliphatic hydroxyl groups is 1. The van der Waals surface area contributed by atoms with Crippen molar-refractivity contribution < 1.29 is 14.6 Å². The van der Waals surface area contributed by atoms with E-state index >= 15 is 0 Å². The van der Waals surface area contributed by atoms with Crippen molar-refractivity contribution in [2.24, 2.45) is 0 Å². The van der Waals surface area contributed by atoms with Gasteiger partial charge in [0.25, 0.3) is 0 Å². The van der Waals surface area contributed by atoms with Crippen LogP contribution in [0.15, 0.2) is 24.3 Å². The first-order chi connectivity index (χ1) is 9.67. The first-order valence-corrected chi connectivity index (χ1v) is 6.57. The molecule has 0 atom stereocenters. The lowest BCUT2D eigenvalue weighted by molar-refractivity contribution is 0.270. The van der Waals surface area contributed by atoms with Crippen molar-refractivity contribution in [2.75, 3.05) is 13.7 Å². The zero-order valence-corrected chi connectivity index (χ0v) is 12.1. The van der Waals surface area contributed by atoms with Crippen LogP contribution in [0, 0.1) is 13.8 Å². The number of aromatic nitrogens is 2. The van der Waals surface area contributed by atoms with Crippen molar-refractivity contribution in [3.05, 3.63) is 41.2 Å². The van der Waals surface area contributed by atoms with E-state index in [0.29, 0.717) is 13.2 Å². The number of ether oxygens (including phenoxy) is 2. The number of hydrogen-bond donors (Lipinski definition) is 1. The lowest BCUT2D eigenvalue weighted by Crippen LogP contribution is -2.11. The second-order valence-electron chi connectivity index (χ2n) is 4.53. The molecule has 1 aromatic heterocycles. The van der Waals surface area contributed by atoms with E-state index in [1.807, 2.05) is 42.8 Å². The Labute approximate surface area is 118 Å². The third kappa shape index (κ3) is 2.93. The summed E-state index contributed by atoms with van der Waals surface area (Å²) in [6.45, 7) is 4.99. The van der Waals surface area contributed by atoms with Gasteiger partial charge in [-0.1, -0.05) is 12.1 Å². The van der Waals surface area contributed by atoms with Gasteiger partial charge in [-0.2, -0.15) is 5.10 Å². The van der Waals surface area contributed by atoms with Crippen molar-refractivity contribution in [1.82, 2.24) is 9.78 Å². The number of nitrogens with zero attached hydrogens (tertiary/aromatic N) is 2. The lowest BCUT2D eigenvalue weighted by atomic mass is 10.2. The van der Waals surface area contributed by atoms with E-state index in [9.17, 15) is 5.11 Å². The van der Waals surface area contributed by atoms with E-state index in [0.717, 1.165) is 28.5 Å². The zero-order chi connectivity index (χ0) is 14.5. The van der Waals surface area contributed by atoms with Crippen LogP contribution >= 0.6 is 0 Å². The maximum atomic E-state index is 9.28. The molecular formula is C15H20N2O3.